The Morgan fingerprint density at radius 1 is 1.60 bits per heavy atom. The zero-order valence-corrected chi connectivity index (χ0v) is 12.2. The van der Waals surface area contributed by atoms with Gasteiger partial charge in [0.05, 0.1) is 5.56 Å². The molecule has 106 valence electrons. The first-order valence-corrected chi connectivity index (χ1v) is 7.91. The standard InChI is InChI=1S/C15H18N2O2S/c1-20-13-7-6-12(10-13)17-15(19)14-11(5-3-9-18)4-2-8-16-14/h2,4,8,12-13,18H,6-7,9-10H2,1H3,(H,17,19). The molecule has 0 spiro atoms. The van der Waals surface area contributed by atoms with Gasteiger partial charge in [0, 0.05) is 17.5 Å². The highest BCUT2D eigenvalue weighted by atomic mass is 32.2. The number of aromatic nitrogens is 1. The van der Waals surface area contributed by atoms with Crippen molar-refractivity contribution < 1.29 is 9.90 Å². The topological polar surface area (TPSA) is 62.2 Å². The minimum Gasteiger partial charge on any atom is -0.384 e. The SMILES string of the molecule is CSC1CCC(NC(=O)c2ncccc2C#CCO)C1. The van der Waals surface area contributed by atoms with Crippen LogP contribution in [0.5, 0.6) is 0 Å². The van der Waals surface area contributed by atoms with E-state index in [-0.39, 0.29) is 18.6 Å². The molecule has 2 N–H and O–H groups in total. The molecule has 1 heterocycles. The molecule has 1 aliphatic carbocycles. The van der Waals surface area contributed by atoms with Gasteiger partial charge in [0.25, 0.3) is 5.91 Å². The quantitative estimate of drug-likeness (QED) is 0.827. The Morgan fingerprint density at radius 2 is 2.45 bits per heavy atom. The summed E-state index contributed by atoms with van der Waals surface area (Å²) in [5, 5.41) is 12.4. The Morgan fingerprint density at radius 3 is 3.15 bits per heavy atom. The monoisotopic (exact) mass is 290 g/mol. The van der Waals surface area contributed by atoms with Gasteiger partial charge in [-0.25, -0.2) is 4.98 Å². The normalized spacial score (nSPS) is 21.1. The number of thioether (sulfide) groups is 1. The molecule has 2 unspecified atom stereocenters. The second kappa shape index (κ2) is 7.32. The lowest BCUT2D eigenvalue weighted by Crippen LogP contribution is -2.34. The Bertz CT molecular complexity index is 536. The Kier molecular flexibility index (Phi) is 5.45. The van der Waals surface area contributed by atoms with Gasteiger partial charge < -0.3 is 10.4 Å². The van der Waals surface area contributed by atoms with E-state index in [0.717, 1.165) is 19.3 Å². The average molecular weight is 290 g/mol. The maximum absolute atomic E-state index is 12.3. The van der Waals surface area contributed by atoms with E-state index < -0.39 is 0 Å². The molecule has 0 radical (unpaired) electrons. The number of hydrogen-bond acceptors (Lipinski definition) is 4. The molecule has 20 heavy (non-hydrogen) atoms. The zero-order chi connectivity index (χ0) is 14.4. The summed E-state index contributed by atoms with van der Waals surface area (Å²) in [4.78, 5) is 16.4. The van der Waals surface area contributed by atoms with E-state index in [1.54, 1.807) is 18.3 Å². The van der Waals surface area contributed by atoms with Crippen molar-refractivity contribution in [2.24, 2.45) is 0 Å². The summed E-state index contributed by atoms with van der Waals surface area (Å²) in [7, 11) is 0. The third-order valence-corrected chi connectivity index (χ3v) is 4.47. The Hall–Kier alpha value is -1.51. The summed E-state index contributed by atoms with van der Waals surface area (Å²) in [6, 6.07) is 3.70. The predicted octanol–water partition coefficient (Wildman–Crippen LogP) is 1.44. The molecule has 1 saturated carbocycles. The number of nitrogens with zero attached hydrogens (tertiary/aromatic N) is 1. The zero-order valence-electron chi connectivity index (χ0n) is 11.4. The first kappa shape index (κ1) is 14.9. The largest absolute Gasteiger partial charge is 0.384 e. The smallest absolute Gasteiger partial charge is 0.271 e. The third kappa shape index (κ3) is 3.75. The number of hydrogen-bond donors (Lipinski definition) is 2. The molecule has 1 aliphatic rings. The lowest BCUT2D eigenvalue weighted by molar-refractivity contribution is 0.0932. The average Bonchev–Trinajstić information content (AvgIpc) is 2.93. The van der Waals surface area contributed by atoms with Crippen LogP contribution in [0.15, 0.2) is 18.3 Å². The van der Waals surface area contributed by atoms with Crippen LogP contribution in [0.3, 0.4) is 0 Å². The summed E-state index contributed by atoms with van der Waals surface area (Å²) < 4.78 is 0. The number of pyridine rings is 1. The summed E-state index contributed by atoms with van der Waals surface area (Å²) in [6.07, 6.45) is 6.86. The first-order valence-electron chi connectivity index (χ1n) is 6.63. The van der Waals surface area contributed by atoms with Gasteiger partial charge in [0.1, 0.15) is 12.3 Å². The number of aliphatic hydroxyl groups excluding tert-OH is 1. The van der Waals surface area contributed by atoms with E-state index in [4.69, 9.17) is 5.11 Å². The molecule has 1 fully saturated rings. The van der Waals surface area contributed by atoms with Crippen LogP contribution in [0, 0.1) is 11.8 Å². The molecule has 0 aliphatic heterocycles. The lowest BCUT2D eigenvalue weighted by atomic mass is 10.1. The van der Waals surface area contributed by atoms with Crippen LogP contribution < -0.4 is 5.32 Å². The predicted molar refractivity (Wildman–Crippen MR) is 80.6 cm³/mol. The van der Waals surface area contributed by atoms with Gasteiger partial charge in [-0.2, -0.15) is 11.8 Å². The van der Waals surface area contributed by atoms with E-state index in [1.165, 1.54) is 0 Å². The fourth-order valence-corrected chi connectivity index (χ4v) is 3.16. The summed E-state index contributed by atoms with van der Waals surface area (Å²) in [5.41, 5.74) is 0.888. The molecule has 1 aromatic rings. The second-order valence-electron chi connectivity index (χ2n) is 4.70. The van der Waals surface area contributed by atoms with Crippen LogP contribution in [0.25, 0.3) is 0 Å². The number of aliphatic hydroxyl groups is 1. The molecule has 1 aromatic heterocycles. The van der Waals surface area contributed by atoms with Crippen LogP contribution >= 0.6 is 11.8 Å². The van der Waals surface area contributed by atoms with E-state index >= 15 is 0 Å². The third-order valence-electron chi connectivity index (χ3n) is 3.38. The molecule has 5 heteroatoms. The van der Waals surface area contributed by atoms with Gasteiger partial charge in [0.2, 0.25) is 0 Å². The minimum atomic E-state index is -0.228. The Labute approximate surface area is 123 Å². The summed E-state index contributed by atoms with van der Waals surface area (Å²) >= 11 is 1.86. The number of carbonyl (C=O) groups is 1. The number of nitrogens with one attached hydrogen (secondary N) is 1. The van der Waals surface area contributed by atoms with Crippen molar-refractivity contribution in [1.29, 1.82) is 0 Å². The highest BCUT2D eigenvalue weighted by Crippen LogP contribution is 2.28. The molecule has 0 aromatic carbocycles. The van der Waals surface area contributed by atoms with Crippen molar-refractivity contribution in [3.8, 4) is 11.8 Å². The molecular weight excluding hydrogens is 272 g/mol. The molecular formula is C15H18N2O2S. The van der Waals surface area contributed by atoms with Gasteiger partial charge >= 0.3 is 0 Å². The van der Waals surface area contributed by atoms with Crippen molar-refractivity contribution in [3.05, 3.63) is 29.6 Å². The molecule has 0 saturated heterocycles. The van der Waals surface area contributed by atoms with E-state index in [2.05, 4.69) is 28.4 Å². The van der Waals surface area contributed by atoms with Crippen LogP contribution in [-0.2, 0) is 0 Å². The molecule has 0 bridgehead atoms. The first-order chi connectivity index (χ1) is 9.74. The molecule has 2 atom stereocenters. The maximum atomic E-state index is 12.3. The van der Waals surface area contributed by atoms with E-state index in [9.17, 15) is 4.79 Å². The maximum Gasteiger partial charge on any atom is 0.271 e. The van der Waals surface area contributed by atoms with Crippen LogP contribution in [-0.4, -0.2) is 40.2 Å². The Balaban J connectivity index is 2.06. The van der Waals surface area contributed by atoms with Crippen molar-refractivity contribution in [2.75, 3.05) is 12.9 Å². The molecule has 1 amide bonds. The van der Waals surface area contributed by atoms with E-state index in [1.807, 2.05) is 11.8 Å². The number of rotatable bonds is 3. The van der Waals surface area contributed by atoms with Crippen molar-refractivity contribution >= 4 is 17.7 Å². The van der Waals surface area contributed by atoms with Crippen molar-refractivity contribution in [2.45, 2.75) is 30.6 Å². The van der Waals surface area contributed by atoms with Gasteiger partial charge in [-0.1, -0.05) is 11.8 Å². The van der Waals surface area contributed by atoms with Gasteiger partial charge in [0.15, 0.2) is 0 Å². The van der Waals surface area contributed by atoms with Gasteiger partial charge in [-0.05, 0) is 37.7 Å². The highest BCUT2D eigenvalue weighted by molar-refractivity contribution is 7.99. The molecule has 2 rings (SSSR count). The lowest BCUT2D eigenvalue weighted by Gasteiger charge is -2.13. The fraction of sp³-hybridized carbons (Fsp3) is 0.467. The van der Waals surface area contributed by atoms with E-state index in [0.29, 0.717) is 16.5 Å². The van der Waals surface area contributed by atoms with Crippen LogP contribution in [0.4, 0.5) is 0 Å². The molecule has 4 nitrogen and oxygen atoms in total. The summed E-state index contributed by atoms with van der Waals surface area (Å²) in [6.45, 7) is -0.228. The minimum absolute atomic E-state index is 0.181. The van der Waals surface area contributed by atoms with Crippen LogP contribution in [0.2, 0.25) is 0 Å². The van der Waals surface area contributed by atoms with Gasteiger partial charge in [-0.15, -0.1) is 0 Å². The summed E-state index contributed by atoms with van der Waals surface area (Å²) in [5.74, 6) is 5.13. The highest BCUT2D eigenvalue weighted by Gasteiger charge is 2.26. The van der Waals surface area contributed by atoms with Gasteiger partial charge in [-0.3, -0.25) is 4.79 Å². The second-order valence-corrected chi connectivity index (χ2v) is 5.84. The number of carbonyl (C=O) groups excluding carboxylic acids is 1. The van der Waals surface area contributed by atoms with Crippen molar-refractivity contribution in [3.63, 3.8) is 0 Å². The number of amides is 1. The fourth-order valence-electron chi connectivity index (χ4n) is 2.36. The van der Waals surface area contributed by atoms with Crippen molar-refractivity contribution in [1.82, 2.24) is 10.3 Å². The van der Waals surface area contributed by atoms with Crippen LogP contribution in [0.1, 0.15) is 35.3 Å².